The van der Waals surface area contributed by atoms with E-state index in [2.05, 4.69) is 10.1 Å². The number of aromatic nitrogens is 3. The van der Waals surface area contributed by atoms with E-state index in [9.17, 15) is 19.8 Å². The van der Waals surface area contributed by atoms with Gasteiger partial charge < -0.3 is 31.2 Å². The fourth-order valence-electron chi connectivity index (χ4n) is 2.35. The molecule has 25 heavy (non-hydrogen) atoms. The fourth-order valence-corrected chi connectivity index (χ4v) is 2.35. The molecule has 1 saturated heterocycles. The van der Waals surface area contributed by atoms with Gasteiger partial charge in [-0.25, -0.2) is 4.79 Å². The molecule has 1 fully saturated rings. The lowest BCUT2D eigenvalue weighted by Gasteiger charge is -2.19. The minimum atomic E-state index is -1.46. The van der Waals surface area contributed by atoms with Gasteiger partial charge in [0.2, 0.25) is 0 Å². The second-order valence-corrected chi connectivity index (χ2v) is 6.00. The van der Waals surface area contributed by atoms with Crippen molar-refractivity contribution in [3.8, 4) is 0 Å². The molecule has 1 aromatic heterocycles. The Hall–Kier alpha value is -2.08. The van der Waals surface area contributed by atoms with Crippen LogP contribution in [0.2, 0.25) is 0 Å². The Morgan fingerprint density at radius 3 is 2.76 bits per heavy atom. The average Bonchev–Trinajstić information content (AvgIpc) is 2.86. The summed E-state index contributed by atoms with van der Waals surface area (Å²) in [6.07, 6.45) is -3.34. The largest absolute Gasteiger partial charge is 0.462 e. The van der Waals surface area contributed by atoms with Crippen molar-refractivity contribution < 1.29 is 24.5 Å². The summed E-state index contributed by atoms with van der Waals surface area (Å²) < 4.78 is 11.2. The van der Waals surface area contributed by atoms with Crippen molar-refractivity contribution in [3.05, 3.63) is 16.7 Å². The zero-order chi connectivity index (χ0) is 18.7. The van der Waals surface area contributed by atoms with E-state index in [-0.39, 0.29) is 18.3 Å². The van der Waals surface area contributed by atoms with Crippen LogP contribution in [0, 0.1) is 5.92 Å². The van der Waals surface area contributed by atoms with Crippen LogP contribution in [0.1, 0.15) is 26.5 Å². The highest BCUT2D eigenvalue weighted by molar-refractivity contribution is 5.75. The quantitative estimate of drug-likeness (QED) is 0.407. The number of nitrogens with two attached hydrogens (primary N) is 2. The van der Waals surface area contributed by atoms with Crippen LogP contribution >= 0.6 is 0 Å². The van der Waals surface area contributed by atoms with E-state index in [1.807, 2.05) is 13.8 Å². The van der Waals surface area contributed by atoms with Gasteiger partial charge in [-0.1, -0.05) is 20.3 Å². The van der Waals surface area contributed by atoms with E-state index >= 15 is 0 Å². The van der Waals surface area contributed by atoms with Crippen molar-refractivity contribution in [2.75, 3.05) is 12.3 Å². The number of carbonyl (C=O) groups excluding carboxylic acids is 1. The van der Waals surface area contributed by atoms with E-state index in [4.69, 9.17) is 20.9 Å². The second-order valence-electron chi connectivity index (χ2n) is 6.00. The first-order chi connectivity index (χ1) is 11.8. The van der Waals surface area contributed by atoms with Crippen LogP contribution in [0.25, 0.3) is 0 Å². The molecule has 1 aliphatic rings. The molecule has 11 heteroatoms. The van der Waals surface area contributed by atoms with Crippen molar-refractivity contribution in [3.63, 3.8) is 0 Å². The number of rotatable bonds is 6. The van der Waals surface area contributed by atoms with Gasteiger partial charge in [-0.3, -0.25) is 4.79 Å². The Morgan fingerprint density at radius 1 is 1.48 bits per heavy atom. The molecule has 0 bridgehead atoms. The number of nitrogen functional groups attached to an aromatic ring is 1. The second kappa shape index (κ2) is 7.87. The SMILES string of the molecule is CC[C@@H](C)C(N)C(=O)OC[C@H]1O[C@@H](n2ncc(N)nc2=O)C(O)C1O. The third-order valence-electron chi connectivity index (χ3n) is 4.23. The summed E-state index contributed by atoms with van der Waals surface area (Å²) in [5.74, 6) is -0.782. The fraction of sp³-hybridized carbons (Fsp3) is 0.714. The standard InChI is InChI=1S/C14H23N5O6/c1-3-6(2)9(16)13(22)24-5-7-10(20)11(21)12(25-7)19-14(23)18-8(15)4-17-19/h4,6-7,9-12,20-21H,3,5,16H2,1-2H3,(H2,15,18,23)/t6-,7-,9?,10?,11?,12-/m1/s1. The lowest BCUT2D eigenvalue weighted by atomic mass is 10.0. The molecule has 0 saturated carbocycles. The van der Waals surface area contributed by atoms with E-state index in [1.165, 1.54) is 0 Å². The number of hydrogen-bond donors (Lipinski definition) is 4. The Kier molecular flexibility index (Phi) is 6.06. The van der Waals surface area contributed by atoms with E-state index in [1.54, 1.807) is 0 Å². The Labute approximate surface area is 143 Å². The monoisotopic (exact) mass is 357 g/mol. The zero-order valence-electron chi connectivity index (χ0n) is 14.0. The summed E-state index contributed by atoms with van der Waals surface area (Å²) in [7, 11) is 0. The number of nitrogens with zero attached hydrogens (tertiary/aromatic N) is 3. The maximum Gasteiger partial charge on any atom is 0.368 e. The van der Waals surface area contributed by atoms with E-state index in [0.717, 1.165) is 10.9 Å². The van der Waals surface area contributed by atoms with Gasteiger partial charge in [0.05, 0.1) is 6.20 Å². The lowest BCUT2D eigenvalue weighted by molar-refractivity contribution is -0.153. The molecule has 6 N–H and O–H groups in total. The minimum absolute atomic E-state index is 0.0658. The third-order valence-corrected chi connectivity index (χ3v) is 4.23. The number of aliphatic hydroxyl groups is 2. The molecule has 0 radical (unpaired) electrons. The molecule has 0 aromatic carbocycles. The molecule has 11 nitrogen and oxygen atoms in total. The summed E-state index contributed by atoms with van der Waals surface area (Å²) in [5, 5.41) is 23.9. The molecule has 3 unspecified atom stereocenters. The first-order valence-electron chi connectivity index (χ1n) is 7.91. The third kappa shape index (κ3) is 4.12. The maximum atomic E-state index is 11.9. The summed E-state index contributed by atoms with van der Waals surface area (Å²) in [5.41, 5.74) is 10.3. The number of hydrogen-bond acceptors (Lipinski definition) is 10. The van der Waals surface area contributed by atoms with Crippen LogP contribution in [-0.2, 0) is 14.3 Å². The molecule has 1 aromatic rings. The molecule has 2 rings (SSSR count). The smallest absolute Gasteiger partial charge is 0.368 e. The number of esters is 1. The normalized spacial score (nSPS) is 28.5. The van der Waals surface area contributed by atoms with Gasteiger partial charge in [0.1, 0.15) is 36.8 Å². The first kappa shape index (κ1) is 19.2. The summed E-state index contributed by atoms with van der Waals surface area (Å²) >= 11 is 0. The average molecular weight is 357 g/mol. The van der Waals surface area contributed by atoms with Gasteiger partial charge >= 0.3 is 11.7 Å². The van der Waals surface area contributed by atoms with E-state index in [0.29, 0.717) is 6.42 Å². The van der Waals surface area contributed by atoms with Gasteiger partial charge in [-0.15, -0.1) is 0 Å². The van der Waals surface area contributed by atoms with Gasteiger partial charge in [0.15, 0.2) is 6.23 Å². The Morgan fingerprint density at radius 2 is 2.16 bits per heavy atom. The molecule has 6 atom stereocenters. The van der Waals surface area contributed by atoms with Crippen LogP contribution in [0.5, 0.6) is 0 Å². The van der Waals surface area contributed by atoms with Gasteiger partial charge in [-0.05, 0) is 5.92 Å². The molecular weight excluding hydrogens is 334 g/mol. The summed E-state index contributed by atoms with van der Waals surface area (Å²) in [4.78, 5) is 27.2. The molecule has 0 spiro atoms. The van der Waals surface area contributed by atoms with Crippen molar-refractivity contribution >= 4 is 11.8 Å². The van der Waals surface area contributed by atoms with Crippen LogP contribution < -0.4 is 17.2 Å². The molecule has 2 heterocycles. The lowest BCUT2D eigenvalue weighted by Crippen LogP contribution is -2.41. The van der Waals surface area contributed by atoms with Crippen molar-refractivity contribution in [1.29, 1.82) is 0 Å². The maximum absolute atomic E-state index is 11.9. The summed E-state index contributed by atoms with van der Waals surface area (Å²) in [6.45, 7) is 3.39. The van der Waals surface area contributed by atoms with Crippen LogP contribution in [0.3, 0.4) is 0 Å². The van der Waals surface area contributed by atoms with E-state index < -0.39 is 42.2 Å². The number of anilines is 1. The van der Waals surface area contributed by atoms with Crippen molar-refractivity contribution in [1.82, 2.24) is 14.8 Å². The molecular formula is C14H23N5O6. The van der Waals surface area contributed by atoms with Gasteiger partial charge in [0.25, 0.3) is 0 Å². The predicted molar refractivity (Wildman–Crippen MR) is 85.0 cm³/mol. The van der Waals surface area contributed by atoms with Crippen LogP contribution in [-0.4, -0.2) is 61.9 Å². The van der Waals surface area contributed by atoms with Gasteiger partial charge in [0, 0.05) is 0 Å². The highest BCUT2D eigenvalue weighted by Crippen LogP contribution is 2.28. The number of aliphatic hydroxyl groups excluding tert-OH is 2. The predicted octanol–water partition coefficient (Wildman–Crippen LogP) is -2.24. The first-order valence-corrected chi connectivity index (χ1v) is 7.91. The van der Waals surface area contributed by atoms with Crippen LogP contribution in [0.4, 0.5) is 5.82 Å². The molecule has 0 aliphatic carbocycles. The minimum Gasteiger partial charge on any atom is -0.462 e. The highest BCUT2D eigenvalue weighted by Gasteiger charge is 2.45. The zero-order valence-corrected chi connectivity index (χ0v) is 14.0. The number of carbonyl (C=O) groups is 1. The van der Waals surface area contributed by atoms with Crippen LogP contribution in [0.15, 0.2) is 11.0 Å². The summed E-state index contributed by atoms with van der Waals surface area (Å²) in [6, 6.07) is -0.796. The highest BCUT2D eigenvalue weighted by atomic mass is 16.6. The topological polar surface area (TPSA) is 176 Å². The Bertz CT molecular complexity index is 667. The van der Waals surface area contributed by atoms with Gasteiger partial charge in [-0.2, -0.15) is 14.8 Å². The van der Waals surface area contributed by atoms with Crippen molar-refractivity contribution in [2.24, 2.45) is 11.7 Å². The van der Waals surface area contributed by atoms with Crippen molar-refractivity contribution in [2.45, 2.75) is 50.8 Å². The molecule has 1 aliphatic heterocycles. The number of ether oxygens (including phenoxy) is 2. The molecule has 0 amide bonds. The Balaban J connectivity index is 2.02. The molecule has 140 valence electrons.